The van der Waals surface area contributed by atoms with Crippen LogP contribution in [0.1, 0.15) is 56.5 Å². The molecule has 0 saturated heterocycles. The molecule has 58 heavy (non-hydrogen) atoms. The van der Waals surface area contributed by atoms with E-state index < -0.39 is 77.9 Å². The number of aliphatic hydroxyl groups excluding tert-OH is 1. The minimum absolute atomic E-state index is 0.00597. The first-order valence-corrected chi connectivity index (χ1v) is 18.7. The molecule has 4 aromatic rings. The van der Waals surface area contributed by atoms with Crippen molar-refractivity contribution >= 4 is 29.7 Å². The van der Waals surface area contributed by atoms with Crippen molar-refractivity contribution in [1.82, 2.24) is 25.4 Å². The number of ether oxygens (including phenoxy) is 1. The van der Waals surface area contributed by atoms with Gasteiger partial charge in [0.05, 0.1) is 18.5 Å². The average molecular weight is 804 g/mol. The summed E-state index contributed by atoms with van der Waals surface area (Å²) in [4.78, 5) is 65.5. The minimum atomic E-state index is -1.38. The number of nitrogens with zero attached hydrogens (tertiary/aromatic N) is 2. The fourth-order valence-corrected chi connectivity index (χ4v) is 6.47. The molecule has 16 heteroatoms. The van der Waals surface area contributed by atoms with Crippen LogP contribution in [0.15, 0.2) is 91.1 Å². The normalized spacial score (nSPS) is 12.8. The first kappa shape index (κ1) is 44.6. The van der Waals surface area contributed by atoms with E-state index in [-0.39, 0.29) is 44.8 Å². The monoisotopic (exact) mass is 803 g/mol. The van der Waals surface area contributed by atoms with E-state index in [1.807, 2.05) is 73.9 Å². The summed E-state index contributed by atoms with van der Waals surface area (Å²) in [5.74, 6) is -4.39. The van der Waals surface area contributed by atoms with E-state index >= 15 is 4.39 Å². The van der Waals surface area contributed by atoms with Gasteiger partial charge in [-0.25, -0.2) is 13.6 Å². The van der Waals surface area contributed by atoms with Gasteiger partial charge in [-0.1, -0.05) is 81.4 Å². The molecule has 310 valence electrons. The van der Waals surface area contributed by atoms with E-state index in [1.54, 1.807) is 24.4 Å². The summed E-state index contributed by atoms with van der Waals surface area (Å²) >= 11 is 0. The van der Waals surface area contributed by atoms with Gasteiger partial charge in [0, 0.05) is 49.2 Å². The van der Waals surface area contributed by atoms with Crippen LogP contribution >= 0.6 is 0 Å². The Kier molecular flexibility index (Phi) is 16.0. The highest BCUT2D eigenvalue weighted by Crippen LogP contribution is 2.41. The van der Waals surface area contributed by atoms with Crippen molar-refractivity contribution in [1.29, 1.82) is 0 Å². The van der Waals surface area contributed by atoms with Crippen LogP contribution in [0.5, 0.6) is 0 Å². The third-order valence-corrected chi connectivity index (χ3v) is 9.19. The molecule has 0 radical (unpaired) electrons. The Balaban J connectivity index is 1.62. The highest BCUT2D eigenvalue weighted by atomic mass is 19.1. The lowest BCUT2D eigenvalue weighted by atomic mass is 9.82. The molecule has 1 heterocycles. The van der Waals surface area contributed by atoms with Crippen molar-refractivity contribution in [2.24, 2.45) is 16.9 Å². The van der Waals surface area contributed by atoms with E-state index in [0.29, 0.717) is 11.3 Å². The quantitative estimate of drug-likeness (QED) is 0.0771. The van der Waals surface area contributed by atoms with Gasteiger partial charge in [0.15, 0.2) is 0 Å². The predicted molar refractivity (Wildman–Crippen MR) is 212 cm³/mol. The number of rotatable bonds is 19. The van der Waals surface area contributed by atoms with Gasteiger partial charge in [0.1, 0.15) is 30.9 Å². The molecule has 0 aliphatic carbocycles. The number of carbonyl (C=O) groups is 5. The van der Waals surface area contributed by atoms with Crippen LogP contribution in [0.4, 0.5) is 13.6 Å². The average Bonchev–Trinajstić information content (AvgIpc) is 3.59. The first-order chi connectivity index (χ1) is 27.6. The lowest BCUT2D eigenvalue weighted by molar-refractivity contribution is -0.140. The molecule has 0 spiro atoms. The number of aliphatic hydroxyl groups is 1. The molecule has 3 aromatic carbocycles. The second-order valence-corrected chi connectivity index (χ2v) is 14.8. The Bertz CT molecular complexity index is 2020. The van der Waals surface area contributed by atoms with Gasteiger partial charge in [-0.15, -0.1) is 0 Å². The summed E-state index contributed by atoms with van der Waals surface area (Å²) in [5, 5.41) is 18.0. The third-order valence-electron chi connectivity index (χ3n) is 9.19. The van der Waals surface area contributed by atoms with Crippen molar-refractivity contribution in [3.05, 3.63) is 120 Å². The predicted octanol–water partition coefficient (Wildman–Crippen LogP) is 3.51. The van der Waals surface area contributed by atoms with Crippen LogP contribution in [-0.2, 0) is 37.1 Å². The highest BCUT2D eigenvalue weighted by molar-refractivity contribution is 5.92. The second kappa shape index (κ2) is 20.9. The molecule has 3 atom stereocenters. The fraction of sp³-hybridized carbons (Fsp3) is 0.357. The van der Waals surface area contributed by atoms with Gasteiger partial charge in [-0.05, 0) is 47.2 Å². The summed E-state index contributed by atoms with van der Waals surface area (Å²) in [6.45, 7) is 4.71. The Morgan fingerprint density at radius 3 is 2.14 bits per heavy atom. The molecule has 0 bridgehead atoms. The summed E-state index contributed by atoms with van der Waals surface area (Å²) in [6, 6.07) is 19.7. The number of carbonyl (C=O) groups excluding carboxylic acids is 5. The van der Waals surface area contributed by atoms with Crippen molar-refractivity contribution in [3.63, 3.8) is 0 Å². The van der Waals surface area contributed by atoms with Gasteiger partial charge in [0.25, 0.3) is 0 Å². The van der Waals surface area contributed by atoms with E-state index in [2.05, 4.69) is 16.0 Å². The van der Waals surface area contributed by atoms with Crippen molar-refractivity contribution < 1.29 is 42.6 Å². The second-order valence-electron chi connectivity index (χ2n) is 14.8. The number of halogens is 2. The minimum Gasteiger partial charge on any atom is -0.445 e. The summed E-state index contributed by atoms with van der Waals surface area (Å²) < 4.78 is 36.6. The lowest BCUT2D eigenvalue weighted by Crippen LogP contribution is -2.54. The maximum atomic E-state index is 15.2. The molecular weight excluding hydrogens is 752 g/mol. The zero-order valence-corrected chi connectivity index (χ0v) is 32.8. The van der Waals surface area contributed by atoms with E-state index in [9.17, 15) is 33.5 Å². The molecule has 0 aliphatic heterocycles. The zero-order valence-electron chi connectivity index (χ0n) is 32.8. The molecule has 0 fully saturated rings. The smallest absolute Gasteiger partial charge is 0.407 e. The van der Waals surface area contributed by atoms with E-state index in [0.717, 1.165) is 29.3 Å². The van der Waals surface area contributed by atoms with Crippen molar-refractivity contribution in [2.75, 3.05) is 26.2 Å². The van der Waals surface area contributed by atoms with Gasteiger partial charge in [-0.2, -0.15) is 0 Å². The zero-order chi connectivity index (χ0) is 42.4. The maximum Gasteiger partial charge on any atom is 0.407 e. The van der Waals surface area contributed by atoms with Gasteiger partial charge >= 0.3 is 6.09 Å². The summed E-state index contributed by atoms with van der Waals surface area (Å²) in [7, 11) is 0. The number of alkyl carbamates (subject to hydrolysis) is 1. The van der Waals surface area contributed by atoms with Crippen molar-refractivity contribution in [3.8, 4) is 11.1 Å². The maximum absolute atomic E-state index is 15.2. The fourth-order valence-electron chi connectivity index (χ4n) is 6.47. The molecule has 4 rings (SSSR count). The SMILES string of the molecule is CC(C)(C)[C@H](c1cc(-c2cc(F)ccc2F)cn1Cc1ccccc1)N(CC[C@H](NC(=O)[C@@H](N)CC(N)=O)C(=O)NCCNC(=O)OCc1ccccc1)C(=O)CO. The van der Waals surface area contributed by atoms with E-state index in [1.165, 1.54) is 4.90 Å². The first-order valence-electron chi connectivity index (χ1n) is 18.7. The van der Waals surface area contributed by atoms with Gasteiger partial charge in [0.2, 0.25) is 23.6 Å². The number of amides is 5. The molecule has 0 unspecified atom stereocenters. The number of aromatic nitrogens is 1. The van der Waals surface area contributed by atoms with E-state index in [4.69, 9.17) is 16.2 Å². The largest absolute Gasteiger partial charge is 0.445 e. The molecule has 5 amide bonds. The summed E-state index contributed by atoms with van der Waals surface area (Å²) in [5.41, 5.74) is 12.9. The van der Waals surface area contributed by atoms with Crippen LogP contribution in [0.2, 0.25) is 0 Å². The van der Waals surface area contributed by atoms with Gasteiger partial charge < -0.3 is 46.7 Å². The highest BCUT2D eigenvalue weighted by Gasteiger charge is 2.38. The molecule has 1 aromatic heterocycles. The number of nitrogens with one attached hydrogen (secondary N) is 3. The summed E-state index contributed by atoms with van der Waals surface area (Å²) in [6.07, 6.45) is 0.259. The third kappa shape index (κ3) is 13.0. The molecule has 8 N–H and O–H groups in total. The Morgan fingerprint density at radius 2 is 1.52 bits per heavy atom. The van der Waals surface area contributed by atoms with Gasteiger partial charge in [-0.3, -0.25) is 19.2 Å². The Hall–Kier alpha value is -6.13. The Labute approximate surface area is 335 Å². The molecule has 14 nitrogen and oxygen atoms in total. The van der Waals surface area contributed by atoms with Crippen LogP contribution in [0.3, 0.4) is 0 Å². The number of primary amides is 1. The van der Waals surface area contributed by atoms with Crippen LogP contribution in [-0.4, -0.2) is 82.6 Å². The topological polar surface area (TPSA) is 211 Å². The standard InChI is InChI=1S/C42H51F2N7O7/c1-42(2,3)38(35-20-29(31-21-30(43)14-15-32(31)44)24-50(35)23-27-10-6-4-7-11-27)51(37(54)25-52)19-16-34(49-39(55)33(45)22-36(46)53)40(56)47-17-18-48-41(57)58-26-28-12-8-5-9-13-28/h4-15,20-21,24,33-34,38,52H,16-19,22-23,25-26,45H2,1-3H3,(H2,46,53)(H,47,56)(H,48,57)(H,49,55)/t33-,34-,38-/m0/s1. The number of benzene rings is 3. The molecular formula is C42H51F2N7O7. The number of hydrogen-bond donors (Lipinski definition) is 6. The Morgan fingerprint density at radius 1 is 0.879 bits per heavy atom. The number of nitrogens with two attached hydrogens (primary N) is 2. The molecule has 0 saturated carbocycles. The van der Waals surface area contributed by atoms with Crippen LogP contribution in [0.25, 0.3) is 11.1 Å². The van der Waals surface area contributed by atoms with Crippen LogP contribution in [0, 0.1) is 17.0 Å². The number of hydrogen-bond acceptors (Lipinski definition) is 8. The van der Waals surface area contributed by atoms with Crippen molar-refractivity contribution in [2.45, 2.75) is 64.9 Å². The van der Waals surface area contributed by atoms with Crippen LogP contribution < -0.4 is 27.4 Å². The molecule has 0 aliphatic rings. The lowest BCUT2D eigenvalue weighted by Gasteiger charge is -2.41.